The second kappa shape index (κ2) is 57.8. The molecule has 0 saturated carbocycles. The molecule has 0 amide bonds. The zero-order chi connectivity index (χ0) is 61.3. The van der Waals surface area contributed by atoms with Gasteiger partial charge in [-0.3, -0.25) is 37.3 Å². The standard InChI is InChI=1S/C64H124O17P2/c1-6-10-13-16-19-20-25-29-34-38-43-48-62(67)75-54-60(81-64(69)50-45-40-35-30-27-24-22-21-23-26-28-33-36-41-46-57(5)9-4)56-79-83(72,73)77-52-58(65)51-76-82(70,71)78-55-59(80-63(68)49-44-39-32-18-15-12-8-3)53-74-61(66)47-42-37-31-17-14-11-7-2/h57-60,65H,6-56H2,1-5H3,(H,70,71)(H,72,73)/t57?,58-,59+,60+/m0/s1. The molecule has 3 N–H and O–H groups in total. The van der Waals surface area contributed by atoms with Crippen LogP contribution < -0.4 is 0 Å². The Hall–Kier alpha value is -1.94. The minimum Gasteiger partial charge on any atom is -0.462 e. The van der Waals surface area contributed by atoms with Gasteiger partial charge in [-0.15, -0.1) is 0 Å². The van der Waals surface area contributed by atoms with Crippen molar-refractivity contribution >= 4 is 39.5 Å². The molecular formula is C64H124O17P2. The quantitative estimate of drug-likeness (QED) is 0.0222. The van der Waals surface area contributed by atoms with Crippen molar-refractivity contribution in [2.24, 2.45) is 5.92 Å². The Balaban J connectivity index is 5.14. The fourth-order valence-electron chi connectivity index (χ4n) is 9.55. The number of phosphoric acid groups is 2. The Morgan fingerprint density at radius 1 is 0.337 bits per heavy atom. The fourth-order valence-corrected chi connectivity index (χ4v) is 11.1. The van der Waals surface area contributed by atoms with Crippen LogP contribution in [0.15, 0.2) is 0 Å². The summed E-state index contributed by atoms with van der Waals surface area (Å²) < 4.78 is 67.8. The van der Waals surface area contributed by atoms with Gasteiger partial charge in [-0.2, -0.15) is 0 Å². The van der Waals surface area contributed by atoms with Gasteiger partial charge in [0.05, 0.1) is 26.4 Å². The van der Waals surface area contributed by atoms with E-state index >= 15 is 0 Å². The van der Waals surface area contributed by atoms with E-state index in [2.05, 4.69) is 34.6 Å². The average Bonchev–Trinajstić information content (AvgIpc) is 3.48. The second-order valence-electron chi connectivity index (χ2n) is 23.4. The third kappa shape index (κ3) is 57.6. The summed E-state index contributed by atoms with van der Waals surface area (Å²) in [7, 11) is -9.87. The van der Waals surface area contributed by atoms with E-state index in [1.807, 2.05) is 0 Å². The maximum Gasteiger partial charge on any atom is 0.472 e. The van der Waals surface area contributed by atoms with Crippen molar-refractivity contribution in [3.63, 3.8) is 0 Å². The third-order valence-corrected chi connectivity index (χ3v) is 17.0. The van der Waals surface area contributed by atoms with E-state index in [-0.39, 0.29) is 25.7 Å². The number of ether oxygens (including phenoxy) is 4. The van der Waals surface area contributed by atoms with E-state index in [0.717, 1.165) is 121 Å². The van der Waals surface area contributed by atoms with Gasteiger partial charge in [-0.25, -0.2) is 9.13 Å². The highest BCUT2D eigenvalue weighted by Crippen LogP contribution is 2.45. The minimum atomic E-state index is -4.94. The van der Waals surface area contributed by atoms with Crippen molar-refractivity contribution in [2.75, 3.05) is 39.6 Å². The molecule has 19 heteroatoms. The van der Waals surface area contributed by atoms with E-state index < -0.39 is 97.5 Å². The Kier molecular flexibility index (Phi) is 56.4. The molecule has 492 valence electrons. The van der Waals surface area contributed by atoms with E-state index in [9.17, 15) is 43.2 Å². The predicted octanol–water partition coefficient (Wildman–Crippen LogP) is 17.8. The van der Waals surface area contributed by atoms with Gasteiger partial charge in [0.25, 0.3) is 0 Å². The molecule has 17 nitrogen and oxygen atoms in total. The van der Waals surface area contributed by atoms with Crippen molar-refractivity contribution in [1.82, 2.24) is 0 Å². The fraction of sp³-hybridized carbons (Fsp3) is 0.938. The normalized spacial score (nSPS) is 14.6. The van der Waals surface area contributed by atoms with Gasteiger partial charge < -0.3 is 33.8 Å². The summed E-state index contributed by atoms with van der Waals surface area (Å²) in [6, 6.07) is 0. The summed E-state index contributed by atoms with van der Waals surface area (Å²) in [5.74, 6) is -1.29. The minimum absolute atomic E-state index is 0.103. The predicted molar refractivity (Wildman–Crippen MR) is 331 cm³/mol. The van der Waals surface area contributed by atoms with Crippen molar-refractivity contribution in [2.45, 2.75) is 342 Å². The Morgan fingerprint density at radius 2 is 0.578 bits per heavy atom. The molecule has 0 aromatic carbocycles. The second-order valence-corrected chi connectivity index (χ2v) is 26.3. The van der Waals surface area contributed by atoms with Crippen LogP contribution in [0.1, 0.15) is 324 Å². The van der Waals surface area contributed by atoms with Crippen molar-refractivity contribution in [3.05, 3.63) is 0 Å². The van der Waals surface area contributed by atoms with Gasteiger partial charge in [0.2, 0.25) is 0 Å². The van der Waals surface area contributed by atoms with Crippen molar-refractivity contribution in [3.8, 4) is 0 Å². The van der Waals surface area contributed by atoms with Gasteiger partial charge in [-0.1, -0.05) is 272 Å². The molecule has 0 aliphatic heterocycles. The summed E-state index contributed by atoms with van der Waals surface area (Å²) in [6.07, 6.45) is 41.9. The van der Waals surface area contributed by atoms with Gasteiger partial charge in [0.1, 0.15) is 19.3 Å². The van der Waals surface area contributed by atoms with Gasteiger partial charge >= 0.3 is 39.5 Å². The van der Waals surface area contributed by atoms with Crippen molar-refractivity contribution < 1.29 is 80.2 Å². The van der Waals surface area contributed by atoms with E-state index in [4.69, 9.17) is 37.0 Å². The Morgan fingerprint density at radius 3 is 0.855 bits per heavy atom. The summed E-state index contributed by atoms with van der Waals surface area (Å²) in [4.78, 5) is 71.9. The molecule has 6 atom stereocenters. The number of unbranched alkanes of at least 4 members (excludes halogenated alkanes) is 35. The van der Waals surface area contributed by atoms with Gasteiger partial charge in [0, 0.05) is 25.7 Å². The Bertz CT molecular complexity index is 1620. The third-order valence-electron chi connectivity index (χ3n) is 15.1. The number of phosphoric ester groups is 2. The number of esters is 4. The SMILES string of the molecule is CCCCCCCCCCCCCC(=O)OC[C@H](COP(=O)(O)OC[C@@H](O)COP(=O)(O)OC[C@@H](COC(=O)CCCCCCCCC)OC(=O)CCCCCCCCC)OC(=O)CCCCCCCCCCCCCCCCC(C)CC. The summed E-state index contributed by atoms with van der Waals surface area (Å²) in [5.41, 5.74) is 0. The lowest BCUT2D eigenvalue weighted by atomic mass is 9.99. The van der Waals surface area contributed by atoms with Crippen LogP contribution in [0.2, 0.25) is 0 Å². The first-order valence-electron chi connectivity index (χ1n) is 33.7. The molecule has 0 aliphatic rings. The lowest BCUT2D eigenvalue weighted by Crippen LogP contribution is -2.30. The Labute approximate surface area is 505 Å². The highest BCUT2D eigenvalue weighted by Gasteiger charge is 2.30. The van der Waals surface area contributed by atoms with Crippen LogP contribution in [0.3, 0.4) is 0 Å². The zero-order valence-corrected chi connectivity index (χ0v) is 55.1. The number of hydrogen-bond donors (Lipinski definition) is 3. The van der Waals surface area contributed by atoms with Crippen LogP contribution in [0, 0.1) is 5.92 Å². The molecule has 0 spiro atoms. The monoisotopic (exact) mass is 1230 g/mol. The number of rotatable bonds is 64. The van der Waals surface area contributed by atoms with Gasteiger partial charge in [0.15, 0.2) is 12.2 Å². The molecule has 0 heterocycles. The summed E-state index contributed by atoms with van der Waals surface area (Å²) >= 11 is 0. The lowest BCUT2D eigenvalue weighted by molar-refractivity contribution is -0.161. The molecule has 0 bridgehead atoms. The molecule has 0 saturated heterocycles. The molecule has 0 aromatic heterocycles. The van der Waals surface area contributed by atoms with Crippen LogP contribution in [0.4, 0.5) is 0 Å². The van der Waals surface area contributed by atoms with Crippen LogP contribution in [0.5, 0.6) is 0 Å². The molecule has 0 radical (unpaired) electrons. The molecule has 0 aromatic rings. The first kappa shape index (κ1) is 81.1. The first-order chi connectivity index (χ1) is 40.1. The van der Waals surface area contributed by atoms with Crippen LogP contribution in [-0.4, -0.2) is 96.7 Å². The number of carbonyl (C=O) groups excluding carboxylic acids is 4. The molecular weight excluding hydrogens is 1100 g/mol. The highest BCUT2D eigenvalue weighted by atomic mass is 31.2. The van der Waals surface area contributed by atoms with E-state index in [1.165, 1.54) is 122 Å². The smallest absolute Gasteiger partial charge is 0.462 e. The van der Waals surface area contributed by atoms with E-state index in [0.29, 0.717) is 25.7 Å². The first-order valence-corrected chi connectivity index (χ1v) is 36.7. The van der Waals surface area contributed by atoms with Gasteiger partial charge in [-0.05, 0) is 31.6 Å². The molecule has 0 fully saturated rings. The van der Waals surface area contributed by atoms with Crippen LogP contribution >= 0.6 is 15.6 Å². The topological polar surface area (TPSA) is 237 Å². The van der Waals surface area contributed by atoms with Crippen LogP contribution in [0.25, 0.3) is 0 Å². The van der Waals surface area contributed by atoms with Crippen molar-refractivity contribution in [1.29, 1.82) is 0 Å². The number of carbonyl (C=O) groups is 4. The highest BCUT2D eigenvalue weighted by molar-refractivity contribution is 7.47. The summed E-state index contributed by atoms with van der Waals surface area (Å²) in [5, 5.41) is 10.5. The molecule has 0 rings (SSSR count). The average molecular weight is 1230 g/mol. The molecule has 0 aliphatic carbocycles. The maximum atomic E-state index is 13.0. The largest absolute Gasteiger partial charge is 0.472 e. The molecule has 83 heavy (non-hydrogen) atoms. The lowest BCUT2D eigenvalue weighted by Gasteiger charge is -2.21. The molecule has 3 unspecified atom stereocenters. The zero-order valence-electron chi connectivity index (χ0n) is 53.3. The summed E-state index contributed by atoms with van der Waals surface area (Å²) in [6.45, 7) is 7.16. The van der Waals surface area contributed by atoms with E-state index in [1.54, 1.807) is 0 Å². The number of aliphatic hydroxyl groups is 1. The number of hydrogen-bond acceptors (Lipinski definition) is 15. The number of aliphatic hydroxyl groups excluding tert-OH is 1. The maximum absolute atomic E-state index is 13.0. The van der Waals surface area contributed by atoms with Crippen LogP contribution in [-0.2, 0) is 65.4 Å².